The molecule has 18 heavy (non-hydrogen) atoms. The van der Waals surface area contributed by atoms with Crippen LogP contribution in [0.5, 0.6) is 0 Å². The van der Waals surface area contributed by atoms with Gasteiger partial charge in [-0.2, -0.15) is 5.10 Å². The number of carbonyl (C=O) groups is 1. The number of rotatable bonds is 2. The average molecular weight is 255 g/mol. The van der Waals surface area contributed by atoms with E-state index in [9.17, 15) is 4.79 Å². The van der Waals surface area contributed by atoms with Gasteiger partial charge in [0.05, 0.1) is 17.5 Å². The van der Waals surface area contributed by atoms with Gasteiger partial charge in [-0.3, -0.25) is 9.67 Å². The molecule has 0 amide bonds. The SMILES string of the molecule is Cc1cc(C)nc(-c2cnn(C)c2C(=O)O)c1.[NaH]. The van der Waals surface area contributed by atoms with Crippen LogP contribution in [0.3, 0.4) is 0 Å². The first-order chi connectivity index (χ1) is 7.99. The molecule has 2 aromatic heterocycles. The van der Waals surface area contributed by atoms with Gasteiger partial charge in [-0.15, -0.1) is 0 Å². The molecule has 0 atom stereocenters. The first-order valence-corrected chi connectivity index (χ1v) is 5.20. The number of hydrogen-bond donors (Lipinski definition) is 1. The van der Waals surface area contributed by atoms with E-state index in [1.54, 1.807) is 7.05 Å². The molecule has 90 valence electrons. The van der Waals surface area contributed by atoms with Crippen molar-refractivity contribution < 1.29 is 9.90 Å². The van der Waals surface area contributed by atoms with Crippen molar-refractivity contribution in [3.05, 3.63) is 35.3 Å². The van der Waals surface area contributed by atoms with Gasteiger partial charge in [-0.05, 0) is 31.5 Å². The maximum atomic E-state index is 11.2. The van der Waals surface area contributed by atoms with Gasteiger partial charge in [0.2, 0.25) is 0 Å². The van der Waals surface area contributed by atoms with Crippen LogP contribution in [-0.2, 0) is 7.05 Å². The van der Waals surface area contributed by atoms with Crippen molar-refractivity contribution in [1.29, 1.82) is 0 Å². The van der Waals surface area contributed by atoms with Gasteiger partial charge < -0.3 is 5.11 Å². The minimum atomic E-state index is -0.999. The summed E-state index contributed by atoms with van der Waals surface area (Å²) in [6.45, 7) is 3.84. The average Bonchev–Trinajstić information content (AvgIpc) is 2.58. The van der Waals surface area contributed by atoms with Gasteiger partial charge in [-0.1, -0.05) is 0 Å². The number of aromatic carboxylic acids is 1. The normalized spacial score (nSPS) is 9.94. The summed E-state index contributed by atoms with van der Waals surface area (Å²) in [6, 6.07) is 3.80. The van der Waals surface area contributed by atoms with Crippen molar-refractivity contribution in [3.63, 3.8) is 0 Å². The molecule has 1 N–H and O–H groups in total. The van der Waals surface area contributed by atoms with Crippen molar-refractivity contribution >= 4 is 35.5 Å². The summed E-state index contributed by atoms with van der Waals surface area (Å²) in [4.78, 5) is 15.5. The Morgan fingerprint density at radius 2 is 2.00 bits per heavy atom. The fraction of sp³-hybridized carbons (Fsp3) is 0.250. The quantitative estimate of drug-likeness (QED) is 0.817. The molecule has 0 radical (unpaired) electrons. The predicted molar refractivity (Wildman–Crippen MR) is 70.0 cm³/mol. The standard InChI is InChI=1S/C12H13N3O2.Na.H/c1-7-4-8(2)14-10(5-7)9-6-13-15(3)11(9)12(16)17;;/h4-6H,1-3H3,(H,16,17);;. The van der Waals surface area contributed by atoms with E-state index in [-0.39, 0.29) is 35.3 Å². The number of hydrogen-bond acceptors (Lipinski definition) is 3. The van der Waals surface area contributed by atoms with Gasteiger partial charge in [0.1, 0.15) is 0 Å². The van der Waals surface area contributed by atoms with Crippen LogP contribution in [0.1, 0.15) is 21.7 Å². The van der Waals surface area contributed by atoms with Gasteiger partial charge >= 0.3 is 35.5 Å². The predicted octanol–water partition coefficient (Wildman–Crippen LogP) is 1.15. The van der Waals surface area contributed by atoms with E-state index in [1.807, 2.05) is 26.0 Å². The zero-order valence-electron chi connectivity index (χ0n) is 9.93. The second-order valence-electron chi connectivity index (χ2n) is 4.01. The first kappa shape index (κ1) is 14.9. The molecule has 6 heteroatoms. The topological polar surface area (TPSA) is 68.0 Å². The summed E-state index contributed by atoms with van der Waals surface area (Å²) in [7, 11) is 1.61. The zero-order chi connectivity index (χ0) is 12.6. The van der Waals surface area contributed by atoms with Crippen LogP contribution >= 0.6 is 0 Å². The Bertz CT molecular complexity index is 573. The Kier molecular flexibility index (Phi) is 4.67. The van der Waals surface area contributed by atoms with Gasteiger partial charge in [0, 0.05) is 12.7 Å². The number of carboxylic acids is 1. The fourth-order valence-electron chi connectivity index (χ4n) is 1.86. The fourth-order valence-corrected chi connectivity index (χ4v) is 1.86. The molecule has 0 bridgehead atoms. The molecule has 2 aromatic rings. The third-order valence-electron chi connectivity index (χ3n) is 2.52. The molecule has 2 heterocycles. The number of aromatic nitrogens is 3. The van der Waals surface area contributed by atoms with Crippen molar-refractivity contribution in [1.82, 2.24) is 14.8 Å². The summed E-state index contributed by atoms with van der Waals surface area (Å²) < 4.78 is 1.34. The van der Waals surface area contributed by atoms with E-state index in [4.69, 9.17) is 5.11 Å². The first-order valence-electron chi connectivity index (χ1n) is 5.20. The number of pyridine rings is 1. The Hall–Kier alpha value is -1.17. The second kappa shape index (κ2) is 5.65. The molecule has 0 spiro atoms. The van der Waals surface area contributed by atoms with Crippen LogP contribution < -0.4 is 0 Å². The van der Waals surface area contributed by atoms with Crippen LogP contribution in [-0.4, -0.2) is 55.4 Å². The number of aryl methyl sites for hydroxylation is 3. The zero-order valence-corrected chi connectivity index (χ0v) is 9.93. The van der Waals surface area contributed by atoms with Gasteiger partial charge in [0.25, 0.3) is 0 Å². The summed E-state index contributed by atoms with van der Waals surface area (Å²) >= 11 is 0. The maximum absolute atomic E-state index is 11.2. The Morgan fingerprint density at radius 3 is 2.56 bits per heavy atom. The molecular weight excluding hydrogens is 241 g/mol. The minimum absolute atomic E-state index is 0. The van der Waals surface area contributed by atoms with E-state index in [1.165, 1.54) is 10.9 Å². The van der Waals surface area contributed by atoms with E-state index >= 15 is 0 Å². The Labute approximate surface area is 127 Å². The molecule has 0 aromatic carbocycles. The van der Waals surface area contributed by atoms with E-state index in [0.717, 1.165) is 11.3 Å². The van der Waals surface area contributed by atoms with Crippen LogP contribution in [0.15, 0.2) is 18.3 Å². The Balaban J connectivity index is 0.00000162. The molecular formula is C12H14N3NaO2. The molecule has 0 aliphatic rings. The number of nitrogens with zero attached hydrogens (tertiary/aromatic N) is 3. The molecule has 0 fully saturated rings. The second-order valence-corrected chi connectivity index (χ2v) is 4.01. The van der Waals surface area contributed by atoms with Crippen LogP contribution in [0.2, 0.25) is 0 Å². The Morgan fingerprint density at radius 1 is 1.33 bits per heavy atom. The van der Waals surface area contributed by atoms with E-state index in [0.29, 0.717) is 11.3 Å². The van der Waals surface area contributed by atoms with Crippen molar-refractivity contribution in [3.8, 4) is 11.3 Å². The van der Waals surface area contributed by atoms with Crippen LogP contribution in [0.25, 0.3) is 11.3 Å². The summed E-state index contributed by atoms with van der Waals surface area (Å²) in [5.74, 6) is -0.999. The molecule has 5 nitrogen and oxygen atoms in total. The summed E-state index contributed by atoms with van der Waals surface area (Å²) in [5.41, 5.74) is 3.26. The molecule has 0 saturated heterocycles. The number of carboxylic acid groups (broad SMARTS) is 1. The van der Waals surface area contributed by atoms with Crippen molar-refractivity contribution in [2.24, 2.45) is 7.05 Å². The molecule has 0 aliphatic heterocycles. The molecule has 0 aliphatic carbocycles. The molecule has 0 unspecified atom stereocenters. The molecule has 0 saturated carbocycles. The third kappa shape index (κ3) is 2.80. The summed E-state index contributed by atoms with van der Waals surface area (Å²) in [6.07, 6.45) is 1.53. The van der Waals surface area contributed by atoms with Gasteiger partial charge in [0.15, 0.2) is 5.69 Å². The van der Waals surface area contributed by atoms with E-state index in [2.05, 4.69) is 10.1 Å². The van der Waals surface area contributed by atoms with E-state index < -0.39 is 5.97 Å². The monoisotopic (exact) mass is 255 g/mol. The van der Waals surface area contributed by atoms with Gasteiger partial charge in [-0.25, -0.2) is 4.79 Å². The molecule has 2 rings (SSSR count). The van der Waals surface area contributed by atoms with Crippen LogP contribution in [0, 0.1) is 13.8 Å². The van der Waals surface area contributed by atoms with Crippen LogP contribution in [0.4, 0.5) is 0 Å². The van der Waals surface area contributed by atoms with Crippen molar-refractivity contribution in [2.75, 3.05) is 0 Å². The van der Waals surface area contributed by atoms with Crippen molar-refractivity contribution in [2.45, 2.75) is 13.8 Å². The summed E-state index contributed by atoms with van der Waals surface area (Å²) in [5, 5.41) is 13.1. The third-order valence-corrected chi connectivity index (χ3v) is 2.52.